The monoisotopic (exact) mass is 391 g/mol. The van der Waals surface area contributed by atoms with Gasteiger partial charge in [-0.2, -0.15) is 0 Å². The van der Waals surface area contributed by atoms with E-state index in [1.807, 2.05) is 28.8 Å². The van der Waals surface area contributed by atoms with E-state index in [4.69, 9.17) is 10.7 Å². The zero-order chi connectivity index (χ0) is 20.4. The van der Waals surface area contributed by atoms with Gasteiger partial charge in [-0.15, -0.1) is 0 Å². The highest BCUT2D eigenvalue weighted by atomic mass is 19.1. The number of aromatic nitrogens is 3. The number of aryl methyl sites for hydroxylation is 1. The van der Waals surface area contributed by atoms with Crippen LogP contribution in [0.3, 0.4) is 0 Å². The van der Waals surface area contributed by atoms with Crippen LogP contribution in [0.2, 0.25) is 0 Å². The van der Waals surface area contributed by atoms with Crippen LogP contribution in [0, 0.1) is 5.82 Å². The molecule has 0 saturated heterocycles. The van der Waals surface area contributed by atoms with Crippen LogP contribution in [0.5, 0.6) is 0 Å². The lowest BCUT2D eigenvalue weighted by molar-refractivity contribution is 0.102. The average molecular weight is 391 g/mol. The van der Waals surface area contributed by atoms with Crippen LogP contribution in [-0.4, -0.2) is 20.4 Å². The molecule has 6 nitrogen and oxygen atoms in total. The Labute approximate surface area is 167 Å². The topological polar surface area (TPSA) is 85.8 Å². The average Bonchev–Trinajstić information content (AvgIpc) is 2.98. The Kier molecular flexibility index (Phi) is 5.12. The number of nitrogen functional groups attached to an aromatic ring is 1. The summed E-state index contributed by atoms with van der Waals surface area (Å²) in [7, 11) is 0. The minimum atomic E-state index is -0.394. The smallest absolute Gasteiger partial charge is 0.256 e. The number of fused-ring (bicyclic) bond motifs is 2. The van der Waals surface area contributed by atoms with E-state index >= 15 is 0 Å². The Hall–Kier alpha value is -3.48. The summed E-state index contributed by atoms with van der Waals surface area (Å²) >= 11 is 0. The molecule has 29 heavy (non-hydrogen) atoms. The molecule has 0 spiro atoms. The Morgan fingerprint density at radius 1 is 1.07 bits per heavy atom. The molecule has 2 aromatic carbocycles. The van der Waals surface area contributed by atoms with Crippen LogP contribution >= 0.6 is 0 Å². The number of hydrogen-bond donors (Lipinski definition) is 2. The Morgan fingerprint density at radius 3 is 2.45 bits per heavy atom. The first-order valence-electron chi connectivity index (χ1n) is 9.70. The molecule has 4 rings (SSSR count). The highest BCUT2D eigenvalue weighted by molar-refractivity contribution is 6.09. The molecule has 2 aromatic heterocycles. The van der Waals surface area contributed by atoms with Gasteiger partial charge in [0.05, 0.1) is 11.0 Å². The second-order valence-corrected chi connectivity index (χ2v) is 6.97. The first-order valence-corrected chi connectivity index (χ1v) is 9.70. The number of para-hydroxylation sites is 2. The minimum absolute atomic E-state index is 0.349. The van der Waals surface area contributed by atoms with Crippen molar-refractivity contribution in [1.29, 1.82) is 0 Å². The van der Waals surface area contributed by atoms with Gasteiger partial charge >= 0.3 is 0 Å². The van der Waals surface area contributed by atoms with Crippen molar-refractivity contribution in [2.45, 2.75) is 32.7 Å². The fourth-order valence-corrected chi connectivity index (χ4v) is 3.38. The van der Waals surface area contributed by atoms with Gasteiger partial charge in [0.25, 0.3) is 5.91 Å². The molecule has 0 saturated carbocycles. The van der Waals surface area contributed by atoms with E-state index in [9.17, 15) is 9.18 Å². The molecule has 0 unspecified atom stereocenters. The van der Waals surface area contributed by atoms with E-state index in [0.29, 0.717) is 34.8 Å². The van der Waals surface area contributed by atoms with E-state index < -0.39 is 5.82 Å². The maximum absolute atomic E-state index is 13.2. The molecule has 0 atom stereocenters. The molecule has 0 fully saturated rings. The van der Waals surface area contributed by atoms with Gasteiger partial charge in [-0.25, -0.2) is 14.4 Å². The van der Waals surface area contributed by atoms with Crippen LogP contribution < -0.4 is 11.1 Å². The third kappa shape index (κ3) is 3.63. The largest absolute Gasteiger partial charge is 0.394 e. The number of nitrogens with two attached hydrogens (primary N) is 1. The van der Waals surface area contributed by atoms with Crippen LogP contribution in [0.25, 0.3) is 22.2 Å². The van der Waals surface area contributed by atoms with Gasteiger partial charge in [0, 0.05) is 12.1 Å². The van der Waals surface area contributed by atoms with Crippen LogP contribution in [-0.2, 0) is 6.54 Å². The van der Waals surface area contributed by atoms with E-state index in [1.165, 1.54) is 24.3 Å². The molecule has 1 amide bonds. The van der Waals surface area contributed by atoms with E-state index in [0.717, 1.165) is 30.3 Å². The summed E-state index contributed by atoms with van der Waals surface area (Å²) < 4.78 is 15.1. The molecule has 2 heterocycles. The van der Waals surface area contributed by atoms with Crippen molar-refractivity contribution in [2.24, 2.45) is 0 Å². The third-order valence-electron chi connectivity index (χ3n) is 4.91. The summed E-state index contributed by atoms with van der Waals surface area (Å²) in [5, 5.41) is 2.88. The number of nitrogens with zero attached hydrogens (tertiary/aromatic N) is 3. The van der Waals surface area contributed by atoms with E-state index in [1.54, 1.807) is 0 Å². The molecule has 0 bridgehead atoms. The van der Waals surface area contributed by atoms with Crippen molar-refractivity contribution < 1.29 is 9.18 Å². The molecular formula is C22H22FN5O. The predicted molar refractivity (Wildman–Crippen MR) is 113 cm³/mol. The number of benzene rings is 2. The summed E-state index contributed by atoms with van der Waals surface area (Å²) in [4.78, 5) is 22.1. The minimum Gasteiger partial charge on any atom is -0.394 e. The fourth-order valence-electron chi connectivity index (χ4n) is 3.38. The number of rotatable bonds is 6. The first kappa shape index (κ1) is 18.9. The third-order valence-corrected chi connectivity index (χ3v) is 4.91. The number of halogens is 1. The zero-order valence-corrected chi connectivity index (χ0v) is 16.2. The lowest BCUT2D eigenvalue weighted by atomic mass is 10.2. The first-order chi connectivity index (χ1) is 14.1. The second kappa shape index (κ2) is 7.87. The van der Waals surface area contributed by atoms with Crippen LogP contribution in [0.4, 0.5) is 15.9 Å². The number of carbonyl (C=O) groups is 1. The molecular weight excluding hydrogens is 369 g/mol. The Balaban J connectivity index is 1.80. The molecule has 0 aliphatic heterocycles. The fraction of sp³-hybridized carbons (Fsp3) is 0.227. The zero-order valence-electron chi connectivity index (χ0n) is 16.2. The van der Waals surface area contributed by atoms with Gasteiger partial charge in [0.2, 0.25) is 0 Å². The lowest BCUT2D eigenvalue weighted by Crippen LogP contribution is -2.16. The number of nitrogens with one attached hydrogen (secondary N) is 1. The van der Waals surface area contributed by atoms with Gasteiger partial charge in [-0.3, -0.25) is 4.79 Å². The van der Waals surface area contributed by atoms with Gasteiger partial charge < -0.3 is 15.6 Å². The van der Waals surface area contributed by atoms with Gasteiger partial charge in [0.15, 0.2) is 5.65 Å². The summed E-state index contributed by atoms with van der Waals surface area (Å²) in [5.41, 5.74) is 9.84. The number of amides is 1. The highest BCUT2D eigenvalue weighted by Gasteiger charge is 2.20. The molecule has 7 heteroatoms. The number of anilines is 2. The molecule has 148 valence electrons. The molecule has 0 radical (unpaired) electrons. The quantitative estimate of drug-likeness (QED) is 0.465. The van der Waals surface area contributed by atoms with Crippen molar-refractivity contribution in [3.8, 4) is 0 Å². The molecule has 0 aliphatic rings. The Morgan fingerprint density at radius 2 is 1.76 bits per heavy atom. The van der Waals surface area contributed by atoms with Gasteiger partial charge in [-0.1, -0.05) is 31.9 Å². The van der Waals surface area contributed by atoms with Crippen molar-refractivity contribution in [2.75, 3.05) is 11.1 Å². The lowest BCUT2D eigenvalue weighted by Gasteiger charge is -2.12. The standard InChI is InChI=1S/C22H22FN5O/c1-2-3-6-13-28-20(27-22(29)14-9-11-15(23)12-10-14)18(24)19-21(28)26-17-8-5-4-7-16(17)25-19/h4-5,7-12H,2-3,6,13,24H2,1H3,(H,27,29). The van der Waals surface area contributed by atoms with E-state index in [2.05, 4.69) is 17.2 Å². The summed E-state index contributed by atoms with van der Waals surface area (Å²) in [5.74, 6) is -0.281. The van der Waals surface area contributed by atoms with Crippen molar-refractivity contribution in [3.63, 3.8) is 0 Å². The van der Waals surface area contributed by atoms with Crippen LogP contribution in [0.15, 0.2) is 48.5 Å². The van der Waals surface area contributed by atoms with Gasteiger partial charge in [0.1, 0.15) is 22.8 Å². The maximum atomic E-state index is 13.2. The van der Waals surface area contributed by atoms with Crippen molar-refractivity contribution in [3.05, 3.63) is 59.9 Å². The summed E-state index contributed by atoms with van der Waals surface area (Å²) in [6, 6.07) is 13.0. The highest BCUT2D eigenvalue weighted by Crippen LogP contribution is 2.32. The van der Waals surface area contributed by atoms with Crippen LogP contribution in [0.1, 0.15) is 36.5 Å². The summed E-state index contributed by atoms with van der Waals surface area (Å²) in [6.45, 7) is 2.79. The molecule has 4 aromatic rings. The number of hydrogen-bond acceptors (Lipinski definition) is 4. The SMILES string of the molecule is CCCCCn1c(NC(=O)c2ccc(F)cc2)c(N)c2nc3ccccc3nc21. The van der Waals surface area contributed by atoms with E-state index in [-0.39, 0.29) is 5.91 Å². The molecule has 0 aliphatic carbocycles. The van der Waals surface area contributed by atoms with Crippen molar-refractivity contribution in [1.82, 2.24) is 14.5 Å². The second-order valence-electron chi connectivity index (χ2n) is 6.97. The Bertz CT molecular complexity index is 1180. The normalized spacial score (nSPS) is 11.2. The number of carbonyl (C=O) groups excluding carboxylic acids is 1. The predicted octanol–water partition coefficient (Wildman–Crippen LogP) is 4.75. The van der Waals surface area contributed by atoms with Crippen molar-refractivity contribution >= 4 is 39.6 Å². The number of unbranched alkanes of at least 4 members (excludes halogenated alkanes) is 2. The maximum Gasteiger partial charge on any atom is 0.256 e. The van der Waals surface area contributed by atoms with Gasteiger partial charge in [-0.05, 0) is 42.8 Å². The summed E-state index contributed by atoms with van der Waals surface area (Å²) in [6.07, 6.45) is 3.04. The molecule has 3 N–H and O–H groups in total.